The van der Waals surface area contributed by atoms with Gasteiger partial charge in [0.1, 0.15) is 17.4 Å². The van der Waals surface area contributed by atoms with Gasteiger partial charge in [-0.05, 0) is 36.2 Å². The third kappa shape index (κ3) is 3.57. The number of carboxylic acids is 1. The van der Waals surface area contributed by atoms with Crippen LogP contribution in [0.1, 0.15) is 21.5 Å². The summed E-state index contributed by atoms with van der Waals surface area (Å²) in [5.41, 5.74) is 1.51. The Morgan fingerprint density at radius 3 is 2.76 bits per heavy atom. The quantitative estimate of drug-likeness (QED) is 0.885. The monoisotopic (exact) mass is 284 g/mol. The van der Waals surface area contributed by atoms with Crippen molar-refractivity contribution < 1.29 is 14.3 Å². The summed E-state index contributed by atoms with van der Waals surface area (Å²) >= 11 is 0. The van der Waals surface area contributed by atoms with Gasteiger partial charge in [0.15, 0.2) is 0 Å². The highest BCUT2D eigenvalue weighted by atomic mass is 19.1. The molecule has 0 spiro atoms. The van der Waals surface area contributed by atoms with Crippen molar-refractivity contribution in [2.75, 3.05) is 11.9 Å². The summed E-state index contributed by atoms with van der Waals surface area (Å²) in [6.45, 7) is 0.473. The van der Waals surface area contributed by atoms with Crippen LogP contribution in [0, 0.1) is 17.1 Å². The van der Waals surface area contributed by atoms with E-state index in [-0.39, 0.29) is 11.1 Å². The van der Waals surface area contributed by atoms with Crippen molar-refractivity contribution in [3.63, 3.8) is 0 Å². The van der Waals surface area contributed by atoms with Crippen LogP contribution in [0.25, 0.3) is 0 Å². The maximum atomic E-state index is 13.4. The number of benzene rings is 2. The molecule has 0 aliphatic rings. The molecule has 0 aliphatic heterocycles. The lowest BCUT2D eigenvalue weighted by Gasteiger charge is -2.09. The van der Waals surface area contributed by atoms with Gasteiger partial charge in [-0.15, -0.1) is 0 Å². The van der Waals surface area contributed by atoms with Crippen LogP contribution in [0.15, 0.2) is 42.5 Å². The van der Waals surface area contributed by atoms with E-state index in [0.717, 1.165) is 5.56 Å². The highest BCUT2D eigenvalue weighted by Gasteiger charge is 2.07. The zero-order valence-corrected chi connectivity index (χ0v) is 11.1. The predicted molar refractivity (Wildman–Crippen MR) is 76.7 cm³/mol. The number of aromatic carboxylic acids is 1. The van der Waals surface area contributed by atoms with E-state index in [9.17, 15) is 9.18 Å². The van der Waals surface area contributed by atoms with Crippen molar-refractivity contribution in [3.05, 3.63) is 65.0 Å². The minimum absolute atomic E-state index is 0.0169. The fourth-order valence-electron chi connectivity index (χ4n) is 1.99. The normalized spacial score (nSPS) is 9.90. The summed E-state index contributed by atoms with van der Waals surface area (Å²) in [5, 5.41) is 20.8. The van der Waals surface area contributed by atoms with Crippen molar-refractivity contribution in [2.24, 2.45) is 0 Å². The molecule has 0 saturated heterocycles. The van der Waals surface area contributed by atoms with Gasteiger partial charge in [-0.1, -0.05) is 18.2 Å². The molecule has 5 heteroatoms. The van der Waals surface area contributed by atoms with E-state index >= 15 is 0 Å². The molecule has 0 radical (unpaired) electrons. The lowest BCUT2D eigenvalue weighted by Crippen LogP contribution is -2.07. The first-order chi connectivity index (χ1) is 10.1. The Hall–Kier alpha value is -2.87. The maximum absolute atomic E-state index is 13.4. The summed E-state index contributed by atoms with van der Waals surface area (Å²) in [4.78, 5) is 10.9. The number of nitrogens with zero attached hydrogens (tertiary/aromatic N) is 1. The smallest absolute Gasteiger partial charge is 0.335 e. The number of carboxylic acid groups (broad SMARTS) is 1. The molecule has 2 aromatic rings. The standard InChI is InChI=1S/C16H13FN2O2/c17-14-5-2-6-15(13(14)10-18)19-8-7-11-3-1-4-12(9-11)16(20)21/h1-6,9,19H,7-8H2,(H,20,21). The molecule has 0 aromatic heterocycles. The molecule has 0 saturated carbocycles. The summed E-state index contributed by atoms with van der Waals surface area (Å²) in [5.74, 6) is -1.53. The van der Waals surface area contributed by atoms with E-state index in [2.05, 4.69) is 5.32 Å². The highest BCUT2D eigenvalue weighted by Crippen LogP contribution is 2.17. The van der Waals surface area contributed by atoms with Crippen molar-refractivity contribution in [2.45, 2.75) is 6.42 Å². The first-order valence-corrected chi connectivity index (χ1v) is 6.36. The molecule has 106 valence electrons. The number of nitrogens with one attached hydrogen (secondary N) is 1. The van der Waals surface area contributed by atoms with Crippen LogP contribution >= 0.6 is 0 Å². The average Bonchev–Trinajstić information content (AvgIpc) is 2.48. The van der Waals surface area contributed by atoms with Crippen LogP contribution in [-0.4, -0.2) is 17.6 Å². The molecule has 0 fully saturated rings. The molecule has 0 bridgehead atoms. The maximum Gasteiger partial charge on any atom is 0.335 e. The van der Waals surface area contributed by atoms with Crippen molar-refractivity contribution in [3.8, 4) is 6.07 Å². The Balaban J connectivity index is 2.02. The minimum atomic E-state index is -0.971. The van der Waals surface area contributed by atoms with E-state index < -0.39 is 11.8 Å². The first-order valence-electron chi connectivity index (χ1n) is 6.36. The van der Waals surface area contributed by atoms with Gasteiger partial charge in [-0.3, -0.25) is 0 Å². The van der Waals surface area contributed by atoms with E-state index in [1.165, 1.54) is 18.2 Å². The van der Waals surface area contributed by atoms with Gasteiger partial charge < -0.3 is 10.4 Å². The second-order valence-corrected chi connectivity index (χ2v) is 4.46. The molecular formula is C16H13FN2O2. The lowest BCUT2D eigenvalue weighted by atomic mass is 10.1. The van der Waals surface area contributed by atoms with E-state index in [0.29, 0.717) is 18.7 Å². The fourth-order valence-corrected chi connectivity index (χ4v) is 1.99. The van der Waals surface area contributed by atoms with Crippen LogP contribution in [-0.2, 0) is 6.42 Å². The number of rotatable bonds is 5. The van der Waals surface area contributed by atoms with Crippen molar-refractivity contribution in [1.29, 1.82) is 5.26 Å². The summed E-state index contributed by atoms with van der Waals surface area (Å²) in [6.07, 6.45) is 0.572. The highest BCUT2D eigenvalue weighted by molar-refractivity contribution is 5.87. The molecular weight excluding hydrogens is 271 g/mol. The summed E-state index contributed by atoms with van der Waals surface area (Å²) < 4.78 is 13.4. The Labute approximate surface area is 121 Å². The third-order valence-electron chi connectivity index (χ3n) is 3.03. The van der Waals surface area contributed by atoms with E-state index in [4.69, 9.17) is 10.4 Å². The second kappa shape index (κ2) is 6.53. The zero-order valence-electron chi connectivity index (χ0n) is 11.1. The molecule has 0 atom stereocenters. The summed E-state index contributed by atoms with van der Waals surface area (Å²) in [7, 11) is 0. The third-order valence-corrected chi connectivity index (χ3v) is 3.03. The molecule has 21 heavy (non-hydrogen) atoms. The molecule has 2 N–H and O–H groups in total. The molecule has 4 nitrogen and oxygen atoms in total. The SMILES string of the molecule is N#Cc1c(F)cccc1NCCc1cccc(C(=O)O)c1. The Morgan fingerprint density at radius 1 is 1.29 bits per heavy atom. The number of hydrogen-bond acceptors (Lipinski definition) is 3. The number of anilines is 1. The van der Waals surface area contributed by atoms with Crippen molar-refractivity contribution >= 4 is 11.7 Å². The fraction of sp³-hybridized carbons (Fsp3) is 0.125. The van der Waals surface area contributed by atoms with Gasteiger partial charge >= 0.3 is 5.97 Å². The van der Waals surface area contributed by atoms with Gasteiger partial charge in [0.25, 0.3) is 0 Å². The topological polar surface area (TPSA) is 73.1 Å². The molecule has 2 rings (SSSR count). The van der Waals surface area contributed by atoms with Crippen molar-refractivity contribution in [1.82, 2.24) is 0 Å². The molecule has 0 aliphatic carbocycles. The van der Waals surface area contributed by atoms with Crippen LogP contribution < -0.4 is 5.32 Å². The summed E-state index contributed by atoms with van der Waals surface area (Å²) in [6, 6.07) is 12.9. The molecule has 0 amide bonds. The first kappa shape index (κ1) is 14.5. The Morgan fingerprint density at radius 2 is 2.05 bits per heavy atom. The van der Waals surface area contributed by atoms with Crippen LogP contribution in [0.5, 0.6) is 0 Å². The van der Waals surface area contributed by atoms with Crippen LogP contribution in [0.3, 0.4) is 0 Å². The van der Waals surface area contributed by atoms with Gasteiger partial charge in [0.05, 0.1) is 11.3 Å². The van der Waals surface area contributed by atoms with E-state index in [1.807, 2.05) is 12.1 Å². The predicted octanol–water partition coefficient (Wildman–Crippen LogP) is 3.05. The van der Waals surface area contributed by atoms with Crippen LogP contribution in [0.4, 0.5) is 10.1 Å². The minimum Gasteiger partial charge on any atom is -0.478 e. The number of hydrogen-bond donors (Lipinski definition) is 2. The van der Waals surface area contributed by atoms with Gasteiger partial charge in [0.2, 0.25) is 0 Å². The Kier molecular flexibility index (Phi) is 4.52. The molecule has 0 heterocycles. The largest absolute Gasteiger partial charge is 0.478 e. The molecule has 0 unspecified atom stereocenters. The number of carbonyl (C=O) groups is 1. The number of nitriles is 1. The molecule has 2 aromatic carbocycles. The van der Waals surface area contributed by atoms with Crippen LogP contribution in [0.2, 0.25) is 0 Å². The average molecular weight is 284 g/mol. The Bertz CT molecular complexity index is 708. The van der Waals surface area contributed by atoms with Gasteiger partial charge in [0, 0.05) is 6.54 Å². The second-order valence-electron chi connectivity index (χ2n) is 4.46. The zero-order chi connectivity index (χ0) is 15.2. The number of halogens is 1. The van der Waals surface area contributed by atoms with E-state index in [1.54, 1.807) is 18.2 Å². The van der Waals surface area contributed by atoms with Gasteiger partial charge in [-0.25, -0.2) is 9.18 Å². The van der Waals surface area contributed by atoms with Gasteiger partial charge in [-0.2, -0.15) is 5.26 Å². The lowest BCUT2D eigenvalue weighted by molar-refractivity contribution is 0.0696.